The van der Waals surface area contributed by atoms with Crippen LogP contribution >= 0.6 is 11.8 Å². The molecule has 0 spiro atoms. The molecule has 0 unspecified atom stereocenters. The van der Waals surface area contributed by atoms with E-state index in [-0.39, 0.29) is 12.4 Å². The number of carbonyl (C=O) groups is 1. The Morgan fingerprint density at radius 3 is 2.70 bits per heavy atom. The first-order chi connectivity index (χ1) is 4.70. The minimum Gasteiger partial charge on any atom is -0.469 e. The highest BCUT2D eigenvalue weighted by molar-refractivity contribution is 7.99. The van der Waals surface area contributed by atoms with Crippen molar-refractivity contribution in [2.75, 3.05) is 19.1 Å². The zero-order chi connectivity index (χ0) is 7.98. The second-order valence-electron chi connectivity index (χ2n) is 1.79. The van der Waals surface area contributed by atoms with Gasteiger partial charge in [0.15, 0.2) is 0 Å². The van der Waals surface area contributed by atoms with E-state index >= 15 is 0 Å². The second kappa shape index (κ2) is 5.29. The van der Waals surface area contributed by atoms with Crippen LogP contribution in [0.4, 0.5) is 0 Å². The number of thioether (sulfide) groups is 1. The van der Waals surface area contributed by atoms with Crippen LogP contribution in [0.25, 0.3) is 0 Å². The number of ether oxygens (including phenoxy) is 1. The molecule has 0 saturated carbocycles. The van der Waals surface area contributed by atoms with Crippen molar-refractivity contribution in [3.8, 4) is 0 Å². The van der Waals surface area contributed by atoms with Gasteiger partial charge in [-0.25, -0.2) is 0 Å². The Bertz CT molecular complexity index is 136. The summed E-state index contributed by atoms with van der Waals surface area (Å²) in [5.74, 6) is 0.272. The molecule has 0 aromatic carbocycles. The second-order valence-corrected chi connectivity index (χ2v) is 2.66. The average Bonchev–Trinajstić information content (AvgIpc) is 1.88. The molecule has 4 heteroatoms. The van der Waals surface area contributed by atoms with Crippen molar-refractivity contribution in [2.45, 2.75) is 6.42 Å². The molecular formula is C6H11NO2S. The van der Waals surface area contributed by atoms with E-state index in [2.05, 4.69) is 4.74 Å². The van der Waals surface area contributed by atoms with E-state index in [1.165, 1.54) is 18.9 Å². The quantitative estimate of drug-likeness (QED) is 0.493. The van der Waals surface area contributed by atoms with Gasteiger partial charge in [0, 0.05) is 11.5 Å². The molecule has 0 saturated heterocycles. The van der Waals surface area contributed by atoms with Crippen molar-refractivity contribution < 1.29 is 9.53 Å². The Morgan fingerprint density at radius 2 is 2.30 bits per heavy atom. The van der Waals surface area contributed by atoms with Crippen LogP contribution in [-0.2, 0) is 9.53 Å². The van der Waals surface area contributed by atoms with Gasteiger partial charge in [0.2, 0.25) is 0 Å². The first kappa shape index (κ1) is 9.49. The van der Waals surface area contributed by atoms with Gasteiger partial charge in [0.25, 0.3) is 0 Å². The summed E-state index contributed by atoms with van der Waals surface area (Å²) in [5.41, 5.74) is 0.416. The van der Waals surface area contributed by atoms with Crippen molar-refractivity contribution in [3.05, 3.63) is 0 Å². The summed E-state index contributed by atoms with van der Waals surface area (Å²) in [4.78, 5) is 10.5. The fraction of sp³-hybridized carbons (Fsp3) is 0.667. The molecule has 0 aliphatic carbocycles. The first-order valence-corrected chi connectivity index (χ1v) is 4.22. The van der Waals surface area contributed by atoms with Crippen LogP contribution in [0, 0.1) is 5.41 Å². The van der Waals surface area contributed by atoms with E-state index in [4.69, 9.17) is 5.41 Å². The Labute approximate surface area is 64.6 Å². The van der Waals surface area contributed by atoms with E-state index < -0.39 is 0 Å². The van der Waals surface area contributed by atoms with E-state index in [0.717, 1.165) is 0 Å². The lowest BCUT2D eigenvalue weighted by Gasteiger charge is -1.98. The van der Waals surface area contributed by atoms with Crippen molar-refractivity contribution in [1.29, 1.82) is 5.41 Å². The largest absolute Gasteiger partial charge is 0.469 e. The predicted octanol–water partition coefficient (Wildman–Crippen LogP) is 0.932. The molecule has 1 N–H and O–H groups in total. The average molecular weight is 161 g/mol. The molecule has 0 rings (SSSR count). The van der Waals surface area contributed by atoms with Gasteiger partial charge in [0.1, 0.15) is 0 Å². The molecule has 0 aromatic heterocycles. The van der Waals surface area contributed by atoms with Gasteiger partial charge in [0.05, 0.1) is 13.5 Å². The van der Waals surface area contributed by atoms with Crippen LogP contribution in [0.5, 0.6) is 0 Å². The maximum atomic E-state index is 10.5. The summed E-state index contributed by atoms with van der Waals surface area (Å²) >= 11 is 1.53. The lowest BCUT2D eigenvalue weighted by Crippen LogP contribution is -2.09. The molecule has 10 heavy (non-hydrogen) atoms. The van der Waals surface area contributed by atoms with Crippen molar-refractivity contribution in [1.82, 2.24) is 0 Å². The van der Waals surface area contributed by atoms with Crippen molar-refractivity contribution in [3.63, 3.8) is 0 Å². The molecule has 58 valence electrons. The van der Waals surface area contributed by atoms with Crippen LogP contribution < -0.4 is 0 Å². The van der Waals surface area contributed by atoms with Crippen molar-refractivity contribution in [2.24, 2.45) is 0 Å². The number of hydrogen-bond acceptors (Lipinski definition) is 4. The highest BCUT2D eigenvalue weighted by Gasteiger charge is 2.03. The molecule has 0 bridgehead atoms. The minimum atomic E-state index is -0.334. The monoisotopic (exact) mass is 161 g/mol. The number of methoxy groups -OCH3 is 1. The standard InChI is InChI=1S/C6H11NO2S/c1-9-6(8)3-5(7)4-10-2/h7H,3-4H2,1-2H3. The molecule has 0 heterocycles. The van der Waals surface area contributed by atoms with Gasteiger partial charge in [-0.3, -0.25) is 4.79 Å². The predicted molar refractivity (Wildman–Crippen MR) is 42.7 cm³/mol. The summed E-state index contributed by atoms with van der Waals surface area (Å²) in [6.07, 6.45) is 2.02. The van der Waals surface area contributed by atoms with Gasteiger partial charge in [-0.05, 0) is 6.26 Å². The van der Waals surface area contributed by atoms with E-state index in [9.17, 15) is 4.79 Å². The fourth-order valence-electron chi connectivity index (χ4n) is 0.472. The molecular weight excluding hydrogens is 150 g/mol. The number of hydrogen-bond donors (Lipinski definition) is 1. The zero-order valence-corrected chi connectivity index (χ0v) is 6.96. The van der Waals surface area contributed by atoms with Crippen LogP contribution in [-0.4, -0.2) is 30.8 Å². The Morgan fingerprint density at radius 1 is 1.70 bits per heavy atom. The molecule has 0 aliphatic rings. The van der Waals surface area contributed by atoms with Crippen LogP contribution in [0.15, 0.2) is 0 Å². The summed E-state index contributed by atoms with van der Waals surface area (Å²) in [7, 11) is 1.33. The Kier molecular flexibility index (Phi) is 5.02. The summed E-state index contributed by atoms with van der Waals surface area (Å²) in [6.45, 7) is 0. The number of rotatable bonds is 4. The van der Waals surface area contributed by atoms with Gasteiger partial charge in [-0.2, -0.15) is 11.8 Å². The van der Waals surface area contributed by atoms with Crippen LogP contribution in [0.1, 0.15) is 6.42 Å². The van der Waals surface area contributed by atoms with Gasteiger partial charge >= 0.3 is 5.97 Å². The molecule has 0 amide bonds. The Balaban J connectivity index is 3.47. The summed E-state index contributed by atoms with van der Waals surface area (Å²) in [5, 5.41) is 7.20. The van der Waals surface area contributed by atoms with Crippen LogP contribution in [0.2, 0.25) is 0 Å². The number of carbonyl (C=O) groups excluding carboxylic acids is 1. The summed E-state index contributed by atoms with van der Waals surface area (Å²) < 4.78 is 4.38. The molecule has 0 fully saturated rings. The van der Waals surface area contributed by atoms with E-state index in [1.807, 2.05) is 6.26 Å². The molecule has 0 atom stereocenters. The maximum Gasteiger partial charge on any atom is 0.311 e. The smallest absolute Gasteiger partial charge is 0.311 e. The SMILES string of the molecule is COC(=O)CC(=N)CSC. The summed E-state index contributed by atoms with van der Waals surface area (Å²) in [6, 6.07) is 0. The van der Waals surface area contributed by atoms with Crippen molar-refractivity contribution >= 4 is 23.4 Å². The lowest BCUT2D eigenvalue weighted by atomic mass is 10.3. The fourth-order valence-corrected chi connectivity index (χ4v) is 0.922. The third-order valence-corrected chi connectivity index (χ3v) is 1.54. The third kappa shape index (κ3) is 4.38. The molecule has 0 aliphatic heterocycles. The van der Waals surface area contributed by atoms with Crippen LogP contribution in [0.3, 0.4) is 0 Å². The third-order valence-electron chi connectivity index (χ3n) is 0.904. The highest BCUT2D eigenvalue weighted by Crippen LogP contribution is 1.96. The lowest BCUT2D eigenvalue weighted by molar-refractivity contribution is -0.139. The van der Waals surface area contributed by atoms with Gasteiger partial charge in [-0.15, -0.1) is 0 Å². The normalized spacial score (nSPS) is 9.00. The zero-order valence-electron chi connectivity index (χ0n) is 6.14. The molecule has 0 aromatic rings. The topological polar surface area (TPSA) is 50.2 Å². The van der Waals surface area contributed by atoms with E-state index in [0.29, 0.717) is 11.5 Å². The Hall–Kier alpha value is -0.510. The first-order valence-electron chi connectivity index (χ1n) is 2.82. The van der Waals surface area contributed by atoms with E-state index in [1.54, 1.807) is 0 Å². The van der Waals surface area contributed by atoms with Gasteiger partial charge in [-0.1, -0.05) is 0 Å². The maximum absolute atomic E-state index is 10.5. The number of esters is 1. The molecule has 0 radical (unpaired) electrons. The molecule has 3 nitrogen and oxygen atoms in total. The highest BCUT2D eigenvalue weighted by atomic mass is 32.2. The minimum absolute atomic E-state index is 0.122. The number of nitrogens with one attached hydrogen (secondary N) is 1. The van der Waals surface area contributed by atoms with Gasteiger partial charge < -0.3 is 10.1 Å².